The van der Waals surface area contributed by atoms with Gasteiger partial charge in [0.25, 0.3) is 5.91 Å². The minimum Gasteiger partial charge on any atom is -0.467 e. The number of carbonyl (C=O) groups excluding carboxylic acids is 1. The fraction of sp³-hybridized carbons (Fsp3) is 0.0667. The molecule has 3 heterocycles. The van der Waals surface area contributed by atoms with Crippen LogP contribution in [0, 0.1) is 10.1 Å². The SMILES string of the molecule is O=C1NC(=NCc2ccco2)S/C1=C\C=C\c1ccc([N+](=O)[O-])o1. The van der Waals surface area contributed by atoms with E-state index in [2.05, 4.69) is 10.3 Å². The number of aliphatic imine (C=N–C) groups is 1. The Morgan fingerprint density at radius 1 is 1.38 bits per heavy atom. The Kier molecular flexibility index (Phi) is 4.62. The van der Waals surface area contributed by atoms with Crippen LogP contribution in [0.25, 0.3) is 6.08 Å². The molecule has 0 unspecified atom stereocenters. The van der Waals surface area contributed by atoms with Gasteiger partial charge in [0.1, 0.15) is 16.4 Å². The second-order valence-corrected chi connectivity index (χ2v) is 5.61. The zero-order valence-corrected chi connectivity index (χ0v) is 13.0. The quantitative estimate of drug-likeness (QED) is 0.506. The molecule has 3 rings (SSSR count). The molecular formula is C15H11N3O5S. The summed E-state index contributed by atoms with van der Waals surface area (Å²) in [4.78, 5) is 26.5. The van der Waals surface area contributed by atoms with Crippen LogP contribution in [0.4, 0.5) is 5.88 Å². The number of amidine groups is 1. The summed E-state index contributed by atoms with van der Waals surface area (Å²) < 4.78 is 10.1. The Morgan fingerprint density at radius 2 is 2.25 bits per heavy atom. The molecule has 0 spiro atoms. The maximum Gasteiger partial charge on any atom is 0.433 e. The van der Waals surface area contributed by atoms with E-state index < -0.39 is 4.92 Å². The van der Waals surface area contributed by atoms with Crippen molar-refractivity contribution < 1.29 is 18.6 Å². The normalized spacial score (nSPS) is 17.9. The number of nitrogens with zero attached hydrogens (tertiary/aromatic N) is 2. The van der Waals surface area contributed by atoms with Crippen molar-refractivity contribution in [3.63, 3.8) is 0 Å². The van der Waals surface area contributed by atoms with E-state index in [1.165, 1.54) is 30.0 Å². The minimum atomic E-state index is -0.613. The number of thioether (sulfide) groups is 1. The third kappa shape index (κ3) is 3.82. The van der Waals surface area contributed by atoms with Crippen molar-refractivity contribution in [2.45, 2.75) is 6.54 Å². The van der Waals surface area contributed by atoms with Gasteiger partial charge < -0.3 is 14.2 Å². The van der Waals surface area contributed by atoms with E-state index in [-0.39, 0.29) is 11.8 Å². The second kappa shape index (κ2) is 7.01. The molecule has 2 aromatic heterocycles. The average molecular weight is 345 g/mol. The third-order valence-corrected chi connectivity index (χ3v) is 3.88. The molecule has 9 heteroatoms. The van der Waals surface area contributed by atoms with E-state index in [1.54, 1.807) is 30.5 Å². The second-order valence-electron chi connectivity index (χ2n) is 4.58. The zero-order chi connectivity index (χ0) is 16.9. The number of allylic oxidation sites excluding steroid dienone is 2. The first-order valence-electron chi connectivity index (χ1n) is 6.80. The maximum absolute atomic E-state index is 11.8. The van der Waals surface area contributed by atoms with Gasteiger partial charge >= 0.3 is 5.88 Å². The van der Waals surface area contributed by atoms with Crippen molar-refractivity contribution in [1.82, 2.24) is 5.32 Å². The molecule has 1 amide bonds. The highest BCUT2D eigenvalue weighted by Crippen LogP contribution is 2.24. The van der Waals surface area contributed by atoms with Crippen molar-refractivity contribution in [3.8, 4) is 0 Å². The van der Waals surface area contributed by atoms with Gasteiger partial charge in [0, 0.05) is 0 Å². The number of nitrogens with one attached hydrogen (secondary N) is 1. The van der Waals surface area contributed by atoms with Gasteiger partial charge in [-0.3, -0.25) is 19.9 Å². The Balaban J connectivity index is 1.62. The van der Waals surface area contributed by atoms with Gasteiger partial charge in [-0.25, -0.2) is 0 Å². The van der Waals surface area contributed by atoms with E-state index >= 15 is 0 Å². The molecule has 8 nitrogen and oxygen atoms in total. The van der Waals surface area contributed by atoms with E-state index in [0.717, 1.165) is 0 Å². The molecule has 1 N–H and O–H groups in total. The Bertz CT molecular complexity index is 848. The van der Waals surface area contributed by atoms with Crippen LogP contribution < -0.4 is 5.32 Å². The van der Waals surface area contributed by atoms with Gasteiger partial charge in [0.15, 0.2) is 5.17 Å². The Labute approximate surface area is 140 Å². The van der Waals surface area contributed by atoms with Gasteiger partial charge in [-0.1, -0.05) is 6.08 Å². The molecule has 122 valence electrons. The lowest BCUT2D eigenvalue weighted by atomic mass is 10.3. The first-order chi connectivity index (χ1) is 11.6. The molecule has 0 radical (unpaired) electrons. The van der Waals surface area contributed by atoms with Crippen LogP contribution in [0.1, 0.15) is 11.5 Å². The van der Waals surface area contributed by atoms with Crippen LogP contribution in [-0.4, -0.2) is 16.0 Å². The summed E-state index contributed by atoms with van der Waals surface area (Å²) in [6, 6.07) is 6.31. The monoisotopic (exact) mass is 345 g/mol. The standard InChI is InChI=1S/C15H11N3O5S/c19-14-12(5-1-3-10-6-7-13(23-10)18(20)21)24-15(17-14)16-9-11-4-2-8-22-11/h1-8H,9H2,(H,16,17,19)/b3-1+,12-5-. The topological polar surface area (TPSA) is 111 Å². The molecule has 0 saturated carbocycles. The lowest BCUT2D eigenvalue weighted by molar-refractivity contribution is -0.402. The van der Waals surface area contributed by atoms with Gasteiger partial charge in [-0.2, -0.15) is 0 Å². The highest BCUT2D eigenvalue weighted by molar-refractivity contribution is 8.18. The van der Waals surface area contributed by atoms with Crippen molar-refractivity contribution in [2.75, 3.05) is 0 Å². The zero-order valence-electron chi connectivity index (χ0n) is 12.2. The van der Waals surface area contributed by atoms with Crippen LogP contribution in [0.2, 0.25) is 0 Å². The number of rotatable bonds is 5. The highest BCUT2D eigenvalue weighted by atomic mass is 32.2. The lowest BCUT2D eigenvalue weighted by Gasteiger charge is -1.93. The molecule has 0 aromatic carbocycles. The predicted molar refractivity (Wildman–Crippen MR) is 88.1 cm³/mol. The van der Waals surface area contributed by atoms with Crippen LogP contribution in [0.5, 0.6) is 0 Å². The largest absolute Gasteiger partial charge is 0.467 e. The summed E-state index contributed by atoms with van der Waals surface area (Å²) >= 11 is 1.20. The van der Waals surface area contributed by atoms with Gasteiger partial charge in [0.2, 0.25) is 0 Å². The van der Waals surface area contributed by atoms with Crippen molar-refractivity contribution in [1.29, 1.82) is 0 Å². The summed E-state index contributed by atoms with van der Waals surface area (Å²) in [5.41, 5.74) is 0. The van der Waals surface area contributed by atoms with Crippen molar-refractivity contribution >= 4 is 34.8 Å². The molecule has 1 saturated heterocycles. The summed E-state index contributed by atoms with van der Waals surface area (Å²) in [7, 11) is 0. The predicted octanol–water partition coefficient (Wildman–Crippen LogP) is 3.10. The molecule has 0 aliphatic carbocycles. The first-order valence-corrected chi connectivity index (χ1v) is 7.62. The maximum atomic E-state index is 11.8. The number of amides is 1. The summed E-state index contributed by atoms with van der Waals surface area (Å²) in [6.07, 6.45) is 6.26. The fourth-order valence-electron chi connectivity index (χ4n) is 1.83. The van der Waals surface area contributed by atoms with Gasteiger partial charge in [-0.15, -0.1) is 0 Å². The molecule has 24 heavy (non-hydrogen) atoms. The van der Waals surface area contributed by atoms with Gasteiger partial charge in [-0.05, 0) is 42.1 Å². The molecular weight excluding hydrogens is 334 g/mol. The molecule has 1 fully saturated rings. The Morgan fingerprint density at radius 3 is 2.96 bits per heavy atom. The third-order valence-electron chi connectivity index (χ3n) is 2.91. The first kappa shape index (κ1) is 15.8. The molecule has 2 aromatic rings. The minimum absolute atomic E-state index is 0.256. The number of furan rings is 2. The average Bonchev–Trinajstić information content (AvgIpc) is 3.27. The van der Waals surface area contributed by atoms with Crippen LogP contribution >= 0.6 is 11.8 Å². The number of hydrogen-bond acceptors (Lipinski definition) is 7. The van der Waals surface area contributed by atoms with Crippen molar-refractivity contribution in [3.05, 3.63) is 69.2 Å². The number of carbonyl (C=O) groups is 1. The van der Waals surface area contributed by atoms with Crippen LogP contribution in [-0.2, 0) is 11.3 Å². The van der Waals surface area contributed by atoms with Gasteiger partial charge in [0.05, 0.1) is 23.8 Å². The summed E-state index contributed by atoms with van der Waals surface area (Å²) in [5.74, 6) is 0.443. The van der Waals surface area contributed by atoms with E-state index in [9.17, 15) is 14.9 Å². The van der Waals surface area contributed by atoms with Crippen LogP contribution in [0.15, 0.2) is 61.4 Å². The highest BCUT2D eigenvalue weighted by Gasteiger charge is 2.22. The lowest BCUT2D eigenvalue weighted by Crippen LogP contribution is -2.19. The summed E-state index contributed by atoms with van der Waals surface area (Å²) in [6.45, 7) is 0.342. The Hall–Kier alpha value is -3.07. The smallest absolute Gasteiger partial charge is 0.433 e. The number of hydrogen-bond donors (Lipinski definition) is 1. The van der Waals surface area contributed by atoms with Crippen molar-refractivity contribution in [2.24, 2.45) is 4.99 Å². The summed E-state index contributed by atoms with van der Waals surface area (Å²) in [5, 5.41) is 13.7. The van der Waals surface area contributed by atoms with E-state index in [0.29, 0.717) is 28.1 Å². The van der Waals surface area contributed by atoms with E-state index in [4.69, 9.17) is 8.83 Å². The van der Waals surface area contributed by atoms with E-state index in [1.807, 2.05) is 0 Å². The molecule has 0 bridgehead atoms. The molecule has 1 aliphatic rings. The number of nitro groups is 1. The molecule has 0 atom stereocenters. The fourth-order valence-corrected chi connectivity index (χ4v) is 2.60. The molecule has 1 aliphatic heterocycles. The van der Waals surface area contributed by atoms with Crippen LogP contribution in [0.3, 0.4) is 0 Å².